The zero-order valence-corrected chi connectivity index (χ0v) is 19.6. The first kappa shape index (κ1) is 24.4. The molecule has 32 heavy (non-hydrogen) atoms. The SMILES string of the molecule is CCN(CC)S(=O)(=O)c1ccc(C(C)NC(=O)C2(c3cccc(F)c3)CCOCC2)cc1. The summed E-state index contributed by atoms with van der Waals surface area (Å²) in [4.78, 5) is 13.6. The molecule has 2 aromatic carbocycles. The molecule has 1 aliphatic rings. The Morgan fingerprint density at radius 2 is 1.75 bits per heavy atom. The number of hydrogen-bond acceptors (Lipinski definition) is 4. The summed E-state index contributed by atoms with van der Waals surface area (Å²) in [6.07, 6.45) is 0.937. The lowest BCUT2D eigenvalue weighted by atomic mass is 9.73. The largest absolute Gasteiger partial charge is 0.381 e. The molecule has 1 heterocycles. The first-order valence-electron chi connectivity index (χ1n) is 11.0. The lowest BCUT2D eigenvalue weighted by Crippen LogP contribution is -2.48. The van der Waals surface area contributed by atoms with Crippen LogP contribution in [-0.4, -0.2) is 44.9 Å². The van der Waals surface area contributed by atoms with Gasteiger partial charge in [0.2, 0.25) is 15.9 Å². The highest BCUT2D eigenvalue weighted by Crippen LogP contribution is 2.36. The number of amides is 1. The van der Waals surface area contributed by atoms with Crippen LogP contribution in [0.4, 0.5) is 4.39 Å². The number of nitrogens with zero attached hydrogens (tertiary/aromatic N) is 1. The number of hydrogen-bond donors (Lipinski definition) is 1. The van der Waals surface area contributed by atoms with Crippen LogP contribution >= 0.6 is 0 Å². The smallest absolute Gasteiger partial charge is 0.243 e. The molecule has 6 nitrogen and oxygen atoms in total. The second kappa shape index (κ2) is 10.1. The van der Waals surface area contributed by atoms with E-state index in [1.165, 1.54) is 16.4 Å². The number of sulfonamides is 1. The minimum atomic E-state index is -3.54. The molecule has 174 valence electrons. The zero-order chi connectivity index (χ0) is 23.4. The number of halogens is 1. The molecule has 0 bridgehead atoms. The highest BCUT2D eigenvalue weighted by Gasteiger charge is 2.42. The standard InChI is InChI=1S/C24H31FN2O4S/c1-4-27(5-2)32(29,30)22-11-9-19(10-12-22)18(3)26-23(28)24(13-15-31-16-14-24)20-7-6-8-21(25)17-20/h6-12,17-18H,4-5,13-16H2,1-3H3,(H,26,28). The molecule has 1 aliphatic heterocycles. The lowest BCUT2D eigenvalue weighted by Gasteiger charge is -2.37. The molecular weight excluding hydrogens is 431 g/mol. The number of benzene rings is 2. The second-order valence-electron chi connectivity index (χ2n) is 8.06. The van der Waals surface area contributed by atoms with E-state index in [1.807, 2.05) is 6.92 Å². The Bertz CT molecular complexity index is 1030. The maximum Gasteiger partial charge on any atom is 0.243 e. The fourth-order valence-corrected chi connectivity index (χ4v) is 5.67. The van der Waals surface area contributed by atoms with E-state index < -0.39 is 15.4 Å². The molecule has 2 aromatic rings. The quantitative estimate of drug-likeness (QED) is 0.648. The van der Waals surface area contributed by atoms with Gasteiger partial charge in [-0.2, -0.15) is 4.31 Å². The minimum Gasteiger partial charge on any atom is -0.381 e. The van der Waals surface area contributed by atoms with Gasteiger partial charge in [0.15, 0.2) is 0 Å². The topological polar surface area (TPSA) is 75.7 Å². The van der Waals surface area contributed by atoms with Crippen molar-refractivity contribution in [3.8, 4) is 0 Å². The molecule has 1 amide bonds. The molecular formula is C24H31FN2O4S. The van der Waals surface area contributed by atoms with Gasteiger partial charge in [-0.05, 0) is 55.2 Å². The number of rotatable bonds is 8. The Balaban J connectivity index is 1.81. The molecule has 1 N–H and O–H groups in total. The summed E-state index contributed by atoms with van der Waals surface area (Å²) in [7, 11) is -3.54. The van der Waals surface area contributed by atoms with E-state index in [9.17, 15) is 17.6 Å². The molecule has 0 spiro atoms. The summed E-state index contributed by atoms with van der Waals surface area (Å²) in [5.41, 5.74) is 0.574. The number of carbonyl (C=O) groups excluding carboxylic acids is 1. The average molecular weight is 463 g/mol. The lowest BCUT2D eigenvalue weighted by molar-refractivity contribution is -0.131. The highest BCUT2D eigenvalue weighted by molar-refractivity contribution is 7.89. The highest BCUT2D eigenvalue weighted by atomic mass is 32.2. The summed E-state index contributed by atoms with van der Waals surface area (Å²) < 4.78 is 46.2. The van der Waals surface area contributed by atoms with Gasteiger partial charge in [0.1, 0.15) is 5.82 Å². The van der Waals surface area contributed by atoms with Crippen LogP contribution in [0.15, 0.2) is 53.4 Å². The van der Waals surface area contributed by atoms with Gasteiger partial charge >= 0.3 is 0 Å². The fourth-order valence-electron chi connectivity index (χ4n) is 4.21. The third-order valence-electron chi connectivity index (χ3n) is 6.23. The molecule has 1 fully saturated rings. The fraction of sp³-hybridized carbons (Fsp3) is 0.458. The summed E-state index contributed by atoms with van der Waals surface area (Å²) in [5, 5.41) is 3.05. The van der Waals surface area contributed by atoms with Crippen LogP contribution in [0.3, 0.4) is 0 Å². The average Bonchev–Trinajstić information content (AvgIpc) is 2.80. The van der Waals surface area contributed by atoms with E-state index >= 15 is 0 Å². The van der Waals surface area contributed by atoms with Crippen molar-refractivity contribution >= 4 is 15.9 Å². The molecule has 8 heteroatoms. The molecule has 3 rings (SSSR count). The van der Waals surface area contributed by atoms with Crippen LogP contribution in [0, 0.1) is 5.82 Å². The van der Waals surface area contributed by atoms with Crippen molar-refractivity contribution in [2.45, 2.75) is 50.0 Å². The molecule has 0 aromatic heterocycles. The van der Waals surface area contributed by atoms with Gasteiger partial charge in [-0.3, -0.25) is 4.79 Å². The van der Waals surface area contributed by atoms with E-state index in [0.717, 1.165) is 5.56 Å². The van der Waals surface area contributed by atoms with E-state index in [0.29, 0.717) is 44.7 Å². The van der Waals surface area contributed by atoms with Crippen molar-refractivity contribution in [1.82, 2.24) is 9.62 Å². The van der Waals surface area contributed by atoms with Gasteiger partial charge in [-0.25, -0.2) is 12.8 Å². The summed E-state index contributed by atoms with van der Waals surface area (Å²) in [6.45, 7) is 7.12. The maximum atomic E-state index is 13.9. The molecule has 1 atom stereocenters. The van der Waals surface area contributed by atoms with Crippen LogP contribution < -0.4 is 5.32 Å². The Hall–Kier alpha value is -2.29. The molecule has 1 saturated heterocycles. The number of nitrogens with one attached hydrogen (secondary N) is 1. The number of carbonyl (C=O) groups is 1. The van der Waals surface area contributed by atoms with Gasteiger partial charge in [-0.1, -0.05) is 38.1 Å². The Kier molecular flexibility index (Phi) is 7.69. The normalized spacial score (nSPS) is 17.2. The van der Waals surface area contributed by atoms with Crippen molar-refractivity contribution in [3.63, 3.8) is 0 Å². The van der Waals surface area contributed by atoms with E-state index in [-0.39, 0.29) is 22.7 Å². The maximum absolute atomic E-state index is 13.9. The summed E-state index contributed by atoms with van der Waals surface area (Å²) in [5.74, 6) is -0.557. The predicted octanol–water partition coefficient (Wildman–Crippen LogP) is 3.78. The van der Waals surface area contributed by atoms with Crippen molar-refractivity contribution < 1.29 is 22.3 Å². The minimum absolute atomic E-state index is 0.182. The second-order valence-corrected chi connectivity index (χ2v) is 10.00. The van der Waals surface area contributed by atoms with Gasteiger partial charge in [-0.15, -0.1) is 0 Å². The summed E-state index contributed by atoms with van der Waals surface area (Å²) >= 11 is 0. The van der Waals surface area contributed by atoms with E-state index in [1.54, 1.807) is 50.2 Å². The van der Waals surface area contributed by atoms with Crippen molar-refractivity contribution in [2.75, 3.05) is 26.3 Å². The van der Waals surface area contributed by atoms with Crippen LogP contribution in [0.5, 0.6) is 0 Å². The van der Waals surface area contributed by atoms with Gasteiger partial charge < -0.3 is 10.1 Å². The monoisotopic (exact) mass is 462 g/mol. The van der Waals surface area contributed by atoms with Gasteiger partial charge in [0.05, 0.1) is 16.4 Å². The molecule has 0 saturated carbocycles. The van der Waals surface area contributed by atoms with Crippen LogP contribution in [0.25, 0.3) is 0 Å². The van der Waals surface area contributed by atoms with Crippen LogP contribution in [0.2, 0.25) is 0 Å². The third kappa shape index (κ3) is 4.87. The van der Waals surface area contributed by atoms with Crippen molar-refractivity contribution in [3.05, 3.63) is 65.5 Å². The van der Waals surface area contributed by atoms with Crippen molar-refractivity contribution in [1.29, 1.82) is 0 Å². The first-order valence-corrected chi connectivity index (χ1v) is 12.4. The van der Waals surface area contributed by atoms with Gasteiger partial charge in [0.25, 0.3) is 0 Å². The van der Waals surface area contributed by atoms with E-state index in [4.69, 9.17) is 4.74 Å². The first-order chi connectivity index (χ1) is 15.2. The number of ether oxygens (including phenoxy) is 1. The Labute approximate surface area is 189 Å². The Morgan fingerprint density at radius 1 is 1.12 bits per heavy atom. The van der Waals surface area contributed by atoms with Crippen LogP contribution in [0.1, 0.15) is 50.8 Å². The van der Waals surface area contributed by atoms with E-state index in [2.05, 4.69) is 5.32 Å². The molecule has 1 unspecified atom stereocenters. The molecule has 0 aliphatic carbocycles. The van der Waals surface area contributed by atoms with Crippen molar-refractivity contribution in [2.24, 2.45) is 0 Å². The third-order valence-corrected chi connectivity index (χ3v) is 8.29. The van der Waals surface area contributed by atoms with Crippen LogP contribution in [-0.2, 0) is 25.0 Å². The van der Waals surface area contributed by atoms with Gasteiger partial charge in [0, 0.05) is 26.3 Å². The Morgan fingerprint density at radius 3 is 2.31 bits per heavy atom. The molecule has 0 radical (unpaired) electrons. The predicted molar refractivity (Wildman–Crippen MR) is 121 cm³/mol. The summed E-state index contributed by atoms with van der Waals surface area (Å²) in [6, 6.07) is 12.4. The zero-order valence-electron chi connectivity index (χ0n) is 18.8.